The van der Waals surface area contributed by atoms with Crippen LogP contribution in [0, 0.1) is 0 Å². The maximum absolute atomic E-state index is 8.97. The quantitative estimate of drug-likeness (QED) is 0.778. The van der Waals surface area contributed by atoms with Gasteiger partial charge in [-0.3, -0.25) is 0 Å². The zero-order valence-electron chi connectivity index (χ0n) is 10.2. The van der Waals surface area contributed by atoms with Gasteiger partial charge in [-0.25, -0.2) is 4.98 Å². The molecule has 0 aliphatic carbocycles. The number of aromatic nitrogens is 2. The molecular weight excluding hydrogens is 240 g/mol. The fourth-order valence-electron chi connectivity index (χ4n) is 1.77. The highest BCUT2D eigenvalue weighted by Crippen LogP contribution is 2.20. The summed E-state index contributed by atoms with van der Waals surface area (Å²) in [6.07, 6.45) is 1.74. The van der Waals surface area contributed by atoms with Crippen LogP contribution in [-0.2, 0) is 6.61 Å². The second-order valence-corrected chi connectivity index (χ2v) is 4.12. The number of fused-ring (bicyclic) bond motifs is 1. The summed E-state index contributed by atoms with van der Waals surface area (Å²) in [6, 6.07) is 15.2. The van der Waals surface area contributed by atoms with Gasteiger partial charge in [0.2, 0.25) is 0 Å². The lowest BCUT2D eigenvalue weighted by atomic mass is 10.2. The van der Waals surface area contributed by atoms with Crippen molar-refractivity contribution >= 4 is 10.9 Å². The fourth-order valence-corrected chi connectivity index (χ4v) is 1.77. The third-order valence-electron chi connectivity index (χ3n) is 2.78. The molecule has 0 fully saturated rings. The van der Waals surface area contributed by atoms with Crippen molar-refractivity contribution in [3.63, 3.8) is 0 Å². The molecule has 0 aliphatic heterocycles. The summed E-state index contributed by atoms with van der Waals surface area (Å²) >= 11 is 0. The summed E-state index contributed by atoms with van der Waals surface area (Å²) in [7, 11) is 0. The van der Waals surface area contributed by atoms with Gasteiger partial charge < -0.3 is 9.84 Å². The van der Waals surface area contributed by atoms with Crippen molar-refractivity contribution in [2.45, 2.75) is 6.61 Å². The van der Waals surface area contributed by atoms with E-state index in [0.717, 1.165) is 16.5 Å². The van der Waals surface area contributed by atoms with Crippen LogP contribution in [-0.4, -0.2) is 15.1 Å². The number of aliphatic hydroxyl groups is 1. The van der Waals surface area contributed by atoms with Gasteiger partial charge in [-0.2, -0.15) is 4.98 Å². The Morgan fingerprint density at radius 1 is 1.00 bits per heavy atom. The number of ether oxygens (including phenoxy) is 1. The zero-order chi connectivity index (χ0) is 13.1. The van der Waals surface area contributed by atoms with Crippen LogP contribution < -0.4 is 4.74 Å². The fraction of sp³-hybridized carbons (Fsp3) is 0.0667. The summed E-state index contributed by atoms with van der Waals surface area (Å²) < 4.78 is 5.58. The number of hydrogen-bond donors (Lipinski definition) is 1. The van der Waals surface area contributed by atoms with Gasteiger partial charge in [-0.15, -0.1) is 0 Å². The van der Waals surface area contributed by atoms with Crippen molar-refractivity contribution in [1.82, 2.24) is 9.97 Å². The molecule has 1 heterocycles. The minimum absolute atomic E-state index is 0.0206. The van der Waals surface area contributed by atoms with E-state index in [1.165, 1.54) is 0 Å². The van der Waals surface area contributed by atoms with Crippen LogP contribution in [0.4, 0.5) is 0 Å². The molecule has 1 N–H and O–H groups in total. The predicted molar refractivity (Wildman–Crippen MR) is 72.0 cm³/mol. The topological polar surface area (TPSA) is 55.2 Å². The number of aliphatic hydroxyl groups excluding tert-OH is 1. The Hall–Kier alpha value is -2.46. The van der Waals surface area contributed by atoms with Crippen molar-refractivity contribution in [1.29, 1.82) is 0 Å². The molecule has 0 bridgehead atoms. The molecule has 0 aliphatic rings. The Bertz CT molecular complexity index is 696. The minimum Gasteiger partial charge on any atom is -0.424 e. The molecule has 1 aromatic heterocycles. The van der Waals surface area contributed by atoms with E-state index in [9.17, 15) is 0 Å². The lowest BCUT2D eigenvalue weighted by Gasteiger charge is -2.05. The monoisotopic (exact) mass is 252 g/mol. The second-order valence-electron chi connectivity index (χ2n) is 4.12. The van der Waals surface area contributed by atoms with Crippen LogP contribution in [0.1, 0.15) is 5.56 Å². The van der Waals surface area contributed by atoms with Gasteiger partial charge >= 0.3 is 6.01 Å². The van der Waals surface area contributed by atoms with E-state index >= 15 is 0 Å². The molecule has 0 spiro atoms. The Morgan fingerprint density at radius 2 is 1.79 bits per heavy atom. The largest absolute Gasteiger partial charge is 0.424 e. The minimum atomic E-state index is 0.0206. The molecule has 0 radical (unpaired) electrons. The van der Waals surface area contributed by atoms with E-state index in [2.05, 4.69) is 9.97 Å². The van der Waals surface area contributed by atoms with Crippen molar-refractivity contribution in [2.75, 3.05) is 0 Å². The van der Waals surface area contributed by atoms with Gasteiger partial charge in [0.05, 0.1) is 12.1 Å². The number of benzene rings is 2. The van der Waals surface area contributed by atoms with E-state index in [1.54, 1.807) is 30.5 Å². The van der Waals surface area contributed by atoms with Gasteiger partial charge in [0.25, 0.3) is 0 Å². The third-order valence-corrected chi connectivity index (χ3v) is 2.78. The number of rotatable bonds is 3. The summed E-state index contributed by atoms with van der Waals surface area (Å²) in [4.78, 5) is 8.49. The van der Waals surface area contributed by atoms with Gasteiger partial charge in [0.15, 0.2) is 0 Å². The molecule has 3 rings (SSSR count). The standard InChI is InChI=1S/C15H12N2O2/c18-10-11-5-7-13(8-6-11)19-15-16-9-12-3-1-2-4-14(12)17-15/h1-9,18H,10H2. The highest BCUT2D eigenvalue weighted by molar-refractivity contribution is 5.77. The first-order valence-corrected chi connectivity index (χ1v) is 5.94. The Kier molecular flexibility index (Phi) is 3.08. The molecule has 4 nitrogen and oxygen atoms in total. The van der Waals surface area contributed by atoms with Crippen molar-refractivity contribution in [3.8, 4) is 11.8 Å². The molecule has 0 saturated carbocycles. The SMILES string of the molecule is OCc1ccc(Oc2ncc3ccccc3n2)cc1. The summed E-state index contributed by atoms with van der Waals surface area (Å²) in [5.41, 5.74) is 1.69. The molecular formula is C15H12N2O2. The van der Waals surface area contributed by atoms with Crippen molar-refractivity contribution in [3.05, 3.63) is 60.3 Å². The molecule has 94 valence electrons. The maximum atomic E-state index is 8.97. The Labute approximate surface area is 110 Å². The van der Waals surface area contributed by atoms with Gasteiger partial charge in [0.1, 0.15) is 5.75 Å². The van der Waals surface area contributed by atoms with E-state index in [1.807, 2.05) is 24.3 Å². The van der Waals surface area contributed by atoms with Crippen molar-refractivity contribution < 1.29 is 9.84 Å². The Morgan fingerprint density at radius 3 is 2.58 bits per heavy atom. The van der Waals surface area contributed by atoms with Gasteiger partial charge in [-0.1, -0.05) is 30.3 Å². The highest BCUT2D eigenvalue weighted by Gasteiger charge is 2.02. The molecule has 0 amide bonds. The number of hydrogen-bond acceptors (Lipinski definition) is 4. The first-order chi connectivity index (χ1) is 9.35. The molecule has 0 saturated heterocycles. The van der Waals surface area contributed by atoms with Crippen LogP contribution in [0.2, 0.25) is 0 Å². The normalized spacial score (nSPS) is 10.6. The number of nitrogens with zero attached hydrogens (tertiary/aromatic N) is 2. The summed E-state index contributed by atoms with van der Waals surface area (Å²) in [6.45, 7) is 0.0206. The average Bonchev–Trinajstić information content (AvgIpc) is 2.48. The van der Waals surface area contributed by atoms with E-state index < -0.39 is 0 Å². The van der Waals surface area contributed by atoms with Crippen LogP contribution in [0.15, 0.2) is 54.7 Å². The smallest absolute Gasteiger partial charge is 0.322 e. The summed E-state index contributed by atoms with van der Waals surface area (Å²) in [5.74, 6) is 0.646. The zero-order valence-corrected chi connectivity index (χ0v) is 10.2. The first-order valence-electron chi connectivity index (χ1n) is 5.94. The lowest BCUT2D eigenvalue weighted by Crippen LogP contribution is -1.92. The lowest BCUT2D eigenvalue weighted by molar-refractivity contribution is 0.281. The van der Waals surface area contributed by atoms with Crippen LogP contribution in [0.5, 0.6) is 11.8 Å². The van der Waals surface area contributed by atoms with E-state index in [-0.39, 0.29) is 6.61 Å². The van der Waals surface area contributed by atoms with Crippen molar-refractivity contribution in [2.24, 2.45) is 0 Å². The second kappa shape index (κ2) is 5.04. The maximum Gasteiger partial charge on any atom is 0.322 e. The highest BCUT2D eigenvalue weighted by atomic mass is 16.5. The number of para-hydroxylation sites is 1. The molecule has 2 aromatic carbocycles. The van der Waals surface area contributed by atoms with Crippen LogP contribution >= 0.6 is 0 Å². The van der Waals surface area contributed by atoms with Gasteiger partial charge in [-0.05, 0) is 23.8 Å². The van der Waals surface area contributed by atoms with E-state index in [0.29, 0.717) is 11.8 Å². The van der Waals surface area contributed by atoms with E-state index in [4.69, 9.17) is 9.84 Å². The Balaban J connectivity index is 1.87. The molecule has 0 atom stereocenters. The molecule has 3 aromatic rings. The molecule has 4 heteroatoms. The van der Waals surface area contributed by atoms with Crippen LogP contribution in [0.3, 0.4) is 0 Å². The first kappa shape index (κ1) is 11.6. The molecule has 0 unspecified atom stereocenters. The average molecular weight is 252 g/mol. The predicted octanol–water partition coefficient (Wildman–Crippen LogP) is 2.91. The molecule has 19 heavy (non-hydrogen) atoms. The van der Waals surface area contributed by atoms with Gasteiger partial charge in [0, 0.05) is 11.6 Å². The third kappa shape index (κ3) is 2.53. The summed E-state index contributed by atoms with van der Waals surface area (Å²) in [5, 5.41) is 9.95. The van der Waals surface area contributed by atoms with Crippen LogP contribution in [0.25, 0.3) is 10.9 Å².